The van der Waals surface area contributed by atoms with Crippen molar-refractivity contribution in [1.29, 1.82) is 0 Å². The molecule has 0 fully saturated rings. The van der Waals surface area contributed by atoms with Crippen LogP contribution in [0.25, 0.3) is 10.9 Å². The molecule has 126 valence electrons. The van der Waals surface area contributed by atoms with E-state index in [9.17, 15) is 8.42 Å². The molecule has 8 heteroatoms. The van der Waals surface area contributed by atoms with Crippen LogP contribution in [0.3, 0.4) is 0 Å². The van der Waals surface area contributed by atoms with Gasteiger partial charge in [0.15, 0.2) is 5.76 Å². The van der Waals surface area contributed by atoms with Crippen molar-refractivity contribution in [2.24, 2.45) is 0 Å². The van der Waals surface area contributed by atoms with Gasteiger partial charge in [-0.15, -0.1) is 0 Å². The van der Waals surface area contributed by atoms with Gasteiger partial charge in [-0.3, -0.25) is 4.98 Å². The molecule has 0 spiro atoms. The van der Waals surface area contributed by atoms with Gasteiger partial charge >= 0.3 is 0 Å². The highest BCUT2D eigenvalue weighted by Crippen LogP contribution is 2.20. The van der Waals surface area contributed by atoms with E-state index in [0.717, 1.165) is 10.9 Å². The van der Waals surface area contributed by atoms with Crippen molar-refractivity contribution < 1.29 is 17.7 Å². The molecule has 0 aliphatic rings. The van der Waals surface area contributed by atoms with Gasteiger partial charge < -0.3 is 9.26 Å². The number of ether oxygens (including phenoxy) is 1. The van der Waals surface area contributed by atoms with Crippen LogP contribution in [0, 0.1) is 13.8 Å². The summed E-state index contributed by atoms with van der Waals surface area (Å²) in [6, 6.07) is 9.32. The Morgan fingerprint density at radius 3 is 2.83 bits per heavy atom. The largest absolute Gasteiger partial charge is 0.492 e. The molecule has 0 atom stereocenters. The molecule has 7 nitrogen and oxygen atoms in total. The molecule has 0 amide bonds. The number of rotatable bonds is 6. The zero-order chi connectivity index (χ0) is 17.2. The summed E-state index contributed by atoms with van der Waals surface area (Å²) in [6.45, 7) is 3.49. The molecule has 1 N–H and O–H groups in total. The number of benzene rings is 1. The highest BCUT2D eigenvalue weighted by Gasteiger charge is 2.23. The van der Waals surface area contributed by atoms with E-state index >= 15 is 0 Å². The first-order valence-electron chi connectivity index (χ1n) is 7.37. The lowest BCUT2D eigenvalue weighted by atomic mass is 10.2. The van der Waals surface area contributed by atoms with Gasteiger partial charge in [0.1, 0.15) is 22.9 Å². The van der Waals surface area contributed by atoms with Gasteiger partial charge in [0.25, 0.3) is 0 Å². The second-order valence-corrected chi connectivity index (χ2v) is 6.96. The van der Waals surface area contributed by atoms with Crippen molar-refractivity contribution in [1.82, 2.24) is 14.9 Å². The summed E-state index contributed by atoms with van der Waals surface area (Å²) < 4.78 is 37.5. The predicted octanol–water partition coefficient (Wildman–Crippen LogP) is 2.20. The minimum Gasteiger partial charge on any atom is -0.492 e. The van der Waals surface area contributed by atoms with Gasteiger partial charge in [-0.1, -0.05) is 11.2 Å². The molecule has 0 bridgehead atoms. The monoisotopic (exact) mass is 347 g/mol. The molecule has 3 aromatic rings. The Labute approximate surface area is 139 Å². The minimum absolute atomic E-state index is 0.0827. The first-order valence-corrected chi connectivity index (χ1v) is 8.86. The van der Waals surface area contributed by atoms with Gasteiger partial charge in [-0.25, -0.2) is 13.1 Å². The van der Waals surface area contributed by atoms with E-state index < -0.39 is 10.0 Å². The van der Waals surface area contributed by atoms with Gasteiger partial charge in [-0.2, -0.15) is 0 Å². The van der Waals surface area contributed by atoms with E-state index in [1.165, 1.54) is 0 Å². The molecule has 2 aromatic heterocycles. The molecule has 0 aliphatic carbocycles. The Balaban J connectivity index is 1.60. The van der Waals surface area contributed by atoms with Gasteiger partial charge in [0.2, 0.25) is 10.0 Å². The summed E-state index contributed by atoms with van der Waals surface area (Å²) in [5.74, 6) is 0.926. The van der Waals surface area contributed by atoms with E-state index in [1.807, 2.05) is 24.3 Å². The lowest BCUT2D eigenvalue weighted by molar-refractivity contribution is 0.323. The number of aryl methyl sites for hydroxylation is 2. The van der Waals surface area contributed by atoms with Crippen LogP contribution in [0.1, 0.15) is 11.5 Å². The molecule has 0 saturated heterocycles. The summed E-state index contributed by atoms with van der Waals surface area (Å²) in [6.07, 6.45) is 1.73. The molecule has 0 saturated carbocycles. The van der Waals surface area contributed by atoms with Crippen LogP contribution in [-0.2, 0) is 10.0 Å². The van der Waals surface area contributed by atoms with Gasteiger partial charge in [-0.05, 0) is 38.1 Å². The number of fused-ring (bicyclic) bond motifs is 1. The van der Waals surface area contributed by atoms with Gasteiger partial charge in [0.05, 0.1) is 5.52 Å². The number of pyridine rings is 1. The highest BCUT2D eigenvalue weighted by molar-refractivity contribution is 7.89. The van der Waals surface area contributed by atoms with Crippen LogP contribution in [0.15, 0.2) is 45.9 Å². The molecule has 0 unspecified atom stereocenters. The van der Waals surface area contributed by atoms with E-state index in [2.05, 4.69) is 14.9 Å². The SMILES string of the molecule is Cc1noc(C)c1S(=O)(=O)NCCOc1ccc2ncccc2c1. The molecule has 0 aliphatic heterocycles. The average Bonchev–Trinajstić information content (AvgIpc) is 2.91. The summed E-state index contributed by atoms with van der Waals surface area (Å²) in [4.78, 5) is 4.32. The maximum absolute atomic E-state index is 12.2. The topological polar surface area (TPSA) is 94.3 Å². The van der Waals surface area contributed by atoms with Crippen molar-refractivity contribution in [2.45, 2.75) is 18.7 Å². The zero-order valence-electron chi connectivity index (χ0n) is 13.3. The summed E-state index contributed by atoms with van der Waals surface area (Å²) >= 11 is 0. The maximum Gasteiger partial charge on any atom is 0.246 e. The van der Waals surface area contributed by atoms with Crippen LogP contribution in [-0.4, -0.2) is 31.7 Å². The summed E-state index contributed by atoms with van der Waals surface area (Å²) in [5.41, 5.74) is 1.21. The van der Waals surface area contributed by atoms with E-state index in [4.69, 9.17) is 9.26 Å². The molecule has 2 heterocycles. The van der Waals surface area contributed by atoms with E-state index in [0.29, 0.717) is 11.4 Å². The third kappa shape index (κ3) is 3.39. The Bertz CT molecular complexity index is 947. The number of aromatic nitrogens is 2. The second kappa shape index (κ2) is 6.58. The van der Waals surface area contributed by atoms with Crippen molar-refractivity contribution >= 4 is 20.9 Å². The van der Waals surface area contributed by atoms with Crippen molar-refractivity contribution in [3.05, 3.63) is 48.0 Å². The Morgan fingerprint density at radius 1 is 1.25 bits per heavy atom. The predicted molar refractivity (Wildman–Crippen MR) is 88.4 cm³/mol. The first-order chi connectivity index (χ1) is 11.5. The van der Waals surface area contributed by atoms with E-state index in [1.54, 1.807) is 26.1 Å². The summed E-state index contributed by atoms with van der Waals surface area (Å²) in [7, 11) is -3.66. The van der Waals surface area contributed by atoms with E-state index in [-0.39, 0.29) is 23.8 Å². The van der Waals surface area contributed by atoms with Crippen LogP contribution in [0.2, 0.25) is 0 Å². The average molecular weight is 347 g/mol. The molecular weight excluding hydrogens is 330 g/mol. The number of nitrogens with one attached hydrogen (secondary N) is 1. The maximum atomic E-state index is 12.2. The molecule has 0 radical (unpaired) electrons. The van der Waals surface area contributed by atoms with Crippen LogP contribution in [0.5, 0.6) is 5.75 Å². The molecular formula is C16H17N3O4S. The molecule has 1 aromatic carbocycles. The van der Waals surface area contributed by atoms with Crippen molar-refractivity contribution in [3.63, 3.8) is 0 Å². The number of hydrogen-bond donors (Lipinski definition) is 1. The lowest BCUT2D eigenvalue weighted by Crippen LogP contribution is -2.29. The van der Waals surface area contributed by atoms with Crippen molar-refractivity contribution in [3.8, 4) is 5.75 Å². The second-order valence-electron chi connectivity index (χ2n) is 5.26. The van der Waals surface area contributed by atoms with Crippen LogP contribution in [0.4, 0.5) is 0 Å². The first kappa shape index (κ1) is 16.4. The molecule has 24 heavy (non-hydrogen) atoms. The normalized spacial score (nSPS) is 11.8. The highest BCUT2D eigenvalue weighted by atomic mass is 32.2. The Kier molecular flexibility index (Phi) is 4.50. The minimum atomic E-state index is -3.66. The number of nitrogens with zero attached hydrogens (tertiary/aromatic N) is 2. The van der Waals surface area contributed by atoms with Crippen LogP contribution >= 0.6 is 0 Å². The third-order valence-corrected chi connectivity index (χ3v) is 5.18. The summed E-state index contributed by atoms with van der Waals surface area (Å²) in [5, 5.41) is 4.62. The standard InChI is InChI=1S/C16H17N3O4S/c1-11-16(12(2)23-19-11)24(20,21)18-8-9-22-14-5-6-15-13(10-14)4-3-7-17-15/h3-7,10,18H,8-9H2,1-2H3. The number of sulfonamides is 1. The quantitative estimate of drug-likeness (QED) is 0.687. The van der Waals surface area contributed by atoms with Gasteiger partial charge in [0, 0.05) is 18.1 Å². The lowest BCUT2D eigenvalue weighted by Gasteiger charge is -2.09. The van der Waals surface area contributed by atoms with Crippen molar-refractivity contribution in [2.75, 3.05) is 13.2 Å². The fraction of sp³-hybridized carbons (Fsp3) is 0.250. The number of hydrogen-bond acceptors (Lipinski definition) is 6. The molecule has 3 rings (SSSR count). The fourth-order valence-electron chi connectivity index (χ4n) is 2.42. The smallest absolute Gasteiger partial charge is 0.246 e. The third-order valence-electron chi connectivity index (χ3n) is 3.47. The zero-order valence-corrected chi connectivity index (χ0v) is 14.1. The van der Waals surface area contributed by atoms with Crippen LogP contribution < -0.4 is 9.46 Å². The fourth-order valence-corrected chi connectivity index (χ4v) is 3.76. The Hall–Kier alpha value is -2.45. The Morgan fingerprint density at radius 2 is 2.08 bits per heavy atom.